The van der Waals surface area contributed by atoms with Crippen LogP contribution in [0.5, 0.6) is 0 Å². The lowest BCUT2D eigenvalue weighted by molar-refractivity contribution is 0.582. The molecule has 2 aromatic rings. The third-order valence-electron chi connectivity index (χ3n) is 1.38. The first-order chi connectivity index (χ1) is 7.58. The number of aromatic nitrogens is 2. The molecule has 2 nitrogen and oxygen atoms in total. The fraction of sp³-hybridized carbons (Fsp3) is 0. The molecule has 2 aromatic heterocycles. The molecule has 0 radical (unpaired) electrons. The molecular weight excluding hydrogens is 456 g/mol. The highest BCUT2D eigenvalue weighted by Crippen LogP contribution is 2.08. The molecule has 0 aromatic carbocycles. The van der Waals surface area contributed by atoms with Gasteiger partial charge in [-0.25, -0.2) is 9.97 Å². The van der Waals surface area contributed by atoms with Gasteiger partial charge in [0.25, 0.3) is 0 Å². The maximum absolute atomic E-state index is 12.1. The van der Waals surface area contributed by atoms with E-state index >= 15 is 0 Å². The molecule has 0 saturated carbocycles. The molecule has 0 aliphatic carbocycles. The smallest absolute Gasteiger partial charge is 0.213 e. The minimum atomic E-state index is -0.420. The average molecular weight is 462 g/mol. The minimum Gasteiger partial charge on any atom is -0.245 e. The van der Waals surface area contributed by atoms with Crippen LogP contribution in [0.25, 0.3) is 0 Å². The van der Waals surface area contributed by atoms with Gasteiger partial charge in [0.15, 0.2) is 0 Å². The highest BCUT2D eigenvalue weighted by Gasteiger charge is 1.87. The Morgan fingerprint density at radius 1 is 1.00 bits per heavy atom. The number of halogens is 4. The number of hydrogen-bond donors (Lipinski definition) is 0. The van der Waals surface area contributed by atoms with Crippen LogP contribution in [-0.4, -0.2) is 9.97 Å². The van der Waals surface area contributed by atoms with E-state index in [0.29, 0.717) is 5.15 Å². The van der Waals surface area contributed by atoms with Gasteiger partial charge in [0, 0.05) is 25.6 Å². The summed E-state index contributed by atoms with van der Waals surface area (Å²) in [6.07, 6.45) is 3.13. The van der Waals surface area contributed by atoms with Crippen LogP contribution in [-0.2, 0) is 0 Å². The predicted molar refractivity (Wildman–Crippen MR) is 78.9 cm³/mol. The minimum absolute atomic E-state index is 0.420. The third kappa shape index (κ3) is 5.90. The van der Waals surface area contributed by atoms with E-state index in [2.05, 4.69) is 32.6 Å². The second kappa shape index (κ2) is 7.33. The average Bonchev–Trinajstić information content (AvgIpc) is 2.17. The Labute approximate surface area is 125 Å². The van der Waals surface area contributed by atoms with Crippen LogP contribution >= 0.6 is 56.8 Å². The third-order valence-corrected chi connectivity index (χ3v) is 2.93. The molecule has 2 heterocycles. The quantitative estimate of drug-likeness (QED) is 0.434. The van der Waals surface area contributed by atoms with Gasteiger partial charge in [0.1, 0.15) is 5.15 Å². The van der Waals surface area contributed by atoms with Crippen molar-refractivity contribution in [3.8, 4) is 0 Å². The SMILES string of the molecule is Clc1cc(I)ccn1.Fc1cc(I)ccn1. The van der Waals surface area contributed by atoms with Gasteiger partial charge in [-0.2, -0.15) is 4.39 Å². The van der Waals surface area contributed by atoms with Crippen LogP contribution in [0.15, 0.2) is 36.7 Å². The van der Waals surface area contributed by atoms with Crippen LogP contribution in [0.4, 0.5) is 4.39 Å². The van der Waals surface area contributed by atoms with Crippen molar-refractivity contribution in [1.82, 2.24) is 9.97 Å². The Balaban J connectivity index is 0.000000160. The molecule has 0 amide bonds. The second-order valence-electron chi connectivity index (χ2n) is 2.59. The maximum Gasteiger partial charge on any atom is 0.213 e. The number of nitrogens with zero attached hydrogens (tertiary/aromatic N) is 2. The van der Waals surface area contributed by atoms with Gasteiger partial charge in [-0.05, 0) is 63.4 Å². The topological polar surface area (TPSA) is 25.8 Å². The van der Waals surface area contributed by atoms with Gasteiger partial charge in [-0.3, -0.25) is 0 Å². The molecule has 0 atom stereocenters. The van der Waals surface area contributed by atoms with Crippen molar-refractivity contribution in [3.63, 3.8) is 0 Å². The predicted octanol–water partition coefficient (Wildman–Crippen LogP) is 4.16. The van der Waals surface area contributed by atoms with Crippen molar-refractivity contribution in [1.29, 1.82) is 0 Å². The van der Waals surface area contributed by atoms with Crippen LogP contribution in [0, 0.1) is 13.1 Å². The van der Waals surface area contributed by atoms with Crippen LogP contribution < -0.4 is 0 Å². The summed E-state index contributed by atoms with van der Waals surface area (Å²) in [5.74, 6) is -0.420. The Kier molecular flexibility index (Phi) is 6.44. The first kappa shape index (κ1) is 14.0. The molecule has 84 valence electrons. The second-order valence-corrected chi connectivity index (χ2v) is 5.47. The van der Waals surface area contributed by atoms with Crippen molar-refractivity contribution in [2.75, 3.05) is 0 Å². The first-order valence-electron chi connectivity index (χ1n) is 4.12. The molecule has 0 spiro atoms. The Bertz CT molecular complexity index is 390. The van der Waals surface area contributed by atoms with E-state index in [1.807, 2.05) is 34.7 Å². The summed E-state index contributed by atoms with van der Waals surface area (Å²) in [5, 5.41) is 0.553. The molecule has 0 unspecified atom stereocenters. The van der Waals surface area contributed by atoms with Crippen molar-refractivity contribution in [3.05, 3.63) is 54.9 Å². The van der Waals surface area contributed by atoms with E-state index in [-0.39, 0.29) is 0 Å². The summed E-state index contributed by atoms with van der Waals surface area (Å²) in [6, 6.07) is 6.82. The summed E-state index contributed by atoms with van der Waals surface area (Å²) in [4.78, 5) is 7.17. The molecule has 0 fully saturated rings. The summed E-state index contributed by atoms with van der Waals surface area (Å²) in [7, 11) is 0. The van der Waals surface area contributed by atoms with Crippen LogP contribution in [0.1, 0.15) is 0 Å². The van der Waals surface area contributed by atoms with E-state index < -0.39 is 5.95 Å². The van der Waals surface area contributed by atoms with Gasteiger partial charge in [0.2, 0.25) is 5.95 Å². The lowest BCUT2D eigenvalue weighted by Crippen LogP contribution is -1.79. The molecule has 0 bridgehead atoms. The largest absolute Gasteiger partial charge is 0.245 e. The molecule has 6 heteroatoms. The number of rotatable bonds is 0. The van der Waals surface area contributed by atoms with E-state index in [4.69, 9.17) is 11.6 Å². The van der Waals surface area contributed by atoms with Crippen molar-refractivity contribution in [2.24, 2.45) is 0 Å². The van der Waals surface area contributed by atoms with Crippen molar-refractivity contribution >= 4 is 56.8 Å². The van der Waals surface area contributed by atoms with E-state index in [1.54, 1.807) is 12.3 Å². The normalized spacial score (nSPS) is 9.25. The fourth-order valence-corrected chi connectivity index (χ4v) is 1.99. The lowest BCUT2D eigenvalue weighted by atomic mass is 10.5. The zero-order valence-electron chi connectivity index (χ0n) is 7.87. The van der Waals surface area contributed by atoms with E-state index in [0.717, 1.165) is 7.14 Å². The molecule has 0 aliphatic heterocycles. The molecule has 16 heavy (non-hydrogen) atoms. The summed E-state index contributed by atoms with van der Waals surface area (Å²) in [5.41, 5.74) is 0. The van der Waals surface area contributed by atoms with Gasteiger partial charge in [-0.1, -0.05) is 11.6 Å². The highest BCUT2D eigenvalue weighted by atomic mass is 127. The van der Waals surface area contributed by atoms with Crippen LogP contribution in [0.3, 0.4) is 0 Å². The zero-order valence-corrected chi connectivity index (χ0v) is 12.9. The molecular formula is C10H6ClFI2N2. The van der Waals surface area contributed by atoms with E-state index in [1.165, 1.54) is 12.3 Å². The molecule has 0 saturated heterocycles. The highest BCUT2D eigenvalue weighted by molar-refractivity contribution is 14.1. The first-order valence-corrected chi connectivity index (χ1v) is 6.65. The Hall–Kier alpha value is -0.0200. The number of hydrogen-bond acceptors (Lipinski definition) is 2. The zero-order chi connectivity index (χ0) is 12.0. The van der Waals surface area contributed by atoms with Crippen molar-refractivity contribution < 1.29 is 4.39 Å². The van der Waals surface area contributed by atoms with Crippen LogP contribution in [0.2, 0.25) is 5.15 Å². The van der Waals surface area contributed by atoms with Gasteiger partial charge >= 0.3 is 0 Å². The molecule has 2 rings (SSSR count). The maximum atomic E-state index is 12.1. The standard InChI is InChI=1S/C5H3ClIN.C5H3FIN/c2*6-5-3-4(7)1-2-8-5/h2*1-3H. The monoisotopic (exact) mass is 462 g/mol. The molecule has 0 aliphatic rings. The van der Waals surface area contributed by atoms with Gasteiger partial charge < -0.3 is 0 Å². The van der Waals surface area contributed by atoms with E-state index in [9.17, 15) is 4.39 Å². The van der Waals surface area contributed by atoms with Crippen molar-refractivity contribution in [2.45, 2.75) is 0 Å². The van der Waals surface area contributed by atoms with Gasteiger partial charge in [-0.15, -0.1) is 0 Å². The summed E-state index contributed by atoms with van der Waals surface area (Å²) < 4.78 is 14.0. The number of pyridine rings is 2. The Morgan fingerprint density at radius 2 is 1.56 bits per heavy atom. The fourth-order valence-electron chi connectivity index (χ4n) is 0.758. The molecule has 0 N–H and O–H groups in total. The lowest BCUT2D eigenvalue weighted by Gasteiger charge is -1.86. The van der Waals surface area contributed by atoms with Gasteiger partial charge in [0.05, 0.1) is 0 Å². The Morgan fingerprint density at radius 3 is 1.88 bits per heavy atom. The summed E-state index contributed by atoms with van der Waals surface area (Å²) >= 11 is 9.74. The summed E-state index contributed by atoms with van der Waals surface area (Å²) in [6.45, 7) is 0.